The fourth-order valence-corrected chi connectivity index (χ4v) is 2.94. The van der Waals surface area contributed by atoms with E-state index in [2.05, 4.69) is 5.32 Å². The third-order valence-electron chi connectivity index (χ3n) is 3.98. The lowest BCUT2D eigenvalue weighted by Gasteiger charge is -2.18. The number of amides is 1. The average Bonchev–Trinajstić information content (AvgIpc) is 2.61. The third-order valence-corrected chi connectivity index (χ3v) is 4.22. The first kappa shape index (κ1) is 14.8. The summed E-state index contributed by atoms with van der Waals surface area (Å²) in [5.41, 5.74) is 2.15. The van der Waals surface area contributed by atoms with E-state index in [1.165, 1.54) is 0 Å². The Bertz CT molecular complexity index is 978. The van der Waals surface area contributed by atoms with Gasteiger partial charge in [0.25, 0.3) is 5.91 Å². The Balaban J connectivity index is 1.59. The quantitative estimate of drug-likeness (QED) is 0.722. The van der Waals surface area contributed by atoms with Crippen molar-refractivity contribution in [2.24, 2.45) is 0 Å². The molecule has 1 aliphatic heterocycles. The van der Waals surface area contributed by atoms with Crippen molar-refractivity contribution in [2.75, 3.05) is 11.9 Å². The first-order valence-corrected chi connectivity index (χ1v) is 8.00. The van der Waals surface area contributed by atoms with E-state index < -0.39 is 0 Å². The summed E-state index contributed by atoms with van der Waals surface area (Å²) in [5.74, 6) is 0.567. The molecule has 0 bridgehead atoms. The molecule has 0 radical (unpaired) electrons. The van der Waals surface area contributed by atoms with E-state index in [0.717, 1.165) is 27.8 Å². The van der Waals surface area contributed by atoms with Crippen LogP contribution in [0, 0.1) is 0 Å². The Labute approximate surface area is 144 Å². The van der Waals surface area contributed by atoms with Crippen molar-refractivity contribution in [1.82, 2.24) is 0 Å². The van der Waals surface area contributed by atoms with Gasteiger partial charge in [-0.25, -0.2) is 0 Å². The van der Waals surface area contributed by atoms with E-state index in [4.69, 9.17) is 16.3 Å². The molecule has 0 saturated heterocycles. The molecule has 0 unspecified atom stereocenters. The minimum Gasteiger partial charge on any atom is -0.488 e. The lowest BCUT2D eigenvalue weighted by Crippen LogP contribution is -2.21. The summed E-state index contributed by atoms with van der Waals surface area (Å²) in [6.07, 6.45) is 1.82. The molecule has 4 heteroatoms. The molecular weight excluding hydrogens is 322 g/mol. The van der Waals surface area contributed by atoms with Gasteiger partial charge in [-0.15, -0.1) is 0 Å². The third kappa shape index (κ3) is 2.86. The largest absolute Gasteiger partial charge is 0.488 e. The van der Waals surface area contributed by atoms with Crippen LogP contribution < -0.4 is 10.1 Å². The second-order valence-corrected chi connectivity index (χ2v) is 6.09. The summed E-state index contributed by atoms with van der Waals surface area (Å²) < 4.78 is 5.63. The highest BCUT2D eigenvalue weighted by atomic mass is 35.5. The minimum atomic E-state index is -0.170. The monoisotopic (exact) mass is 335 g/mol. The molecule has 0 spiro atoms. The van der Waals surface area contributed by atoms with Gasteiger partial charge in [0.2, 0.25) is 0 Å². The molecule has 0 aliphatic carbocycles. The smallest absolute Gasteiger partial charge is 0.255 e. The van der Waals surface area contributed by atoms with E-state index in [-0.39, 0.29) is 12.5 Å². The van der Waals surface area contributed by atoms with Crippen molar-refractivity contribution in [3.8, 4) is 5.75 Å². The van der Waals surface area contributed by atoms with Crippen molar-refractivity contribution in [1.29, 1.82) is 0 Å². The van der Waals surface area contributed by atoms with Crippen molar-refractivity contribution < 1.29 is 9.53 Å². The second kappa shape index (κ2) is 6.02. The van der Waals surface area contributed by atoms with Gasteiger partial charge in [-0.2, -0.15) is 0 Å². The number of ether oxygens (including phenoxy) is 1. The van der Waals surface area contributed by atoms with Gasteiger partial charge in [0, 0.05) is 16.3 Å². The molecule has 3 aromatic rings. The second-order valence-electron chi connectivity index (χ2n) is 5.66. The first-order chi connectivity index (χ1) is 11.7. The molecule has 4 rings (SSSR count). The Morgan fingerprint density at radius 2 is 1.83 bits per heavy atom. The Hall–Kier alpha value is -2.78. The molecule has 0 aromatic heterocycles. The number of hydrogen-bond acceptors (Lipinski definition) is 2. The number of hydrogen-bond donors (Lipinski definition) is 1. The average molecular weight is 336 g/mol. The molecule has 1 heterocycles. The maximum Gasteiger partial charge on any atom is 0.255 e. The lowest BCUT2D eigenvalue weighted by atomic mass is 10.1. The fourth-order valence-electron chi connectivity index (χ4n) is 2.76. The Morgan fingerprint density at radius 1 is 1.00 bits per heavy atom. The van der Waals surface area contributed by atoms with Gasteiger partial charge in [0.15, 0.2) is 0 Å². The zero-order valence-electron chi connectivity index (χ0n) is 12.8. The molecular formula is C20H14ClNO2. The number of halogens is 1. The number of carbonyl (C=O) groups excluding carboxylic acids is 1. The summed E-state index contributed by atoms with van der Waals surface area (Å²) in [6, 6.07) is 19.3. The van der Waals surface area contributed by atoms with Gasteiger partial charge in [-0.1, -0.05) is 41.9 Å². The maximum absolute atomic E-state index is 12.5. The maximum atomic E-state index is 12.5. The van der Waals surface area contributed by atoms with Crippen molar-refractivity contribution in [2.45, 2.75) is 0 Å². The summed E-state index contributed by atoms with van der Waals surface area (Å²) in [5, 5.41) is 5.77. The summed E-state index contributed by atoms with van der Waals surface area (Å²) in [6.45, 7) is 0.244. The predicted octanol–water partition coefficient (Wildman–Crippen LogP) is 4.91. The predicted molar refractivity (Wildman–Crippen MR) is 97.5 cm³/mol. The van der Waals surface area contributed by atoms with Crippen LogP contribution in [0.2, 0.25) is 5.02 Å². The van der Waals surface area contributed by atoms with Gasteiger partial charge in [-0.05, 0) is 47.2 Å². The van der Waals surface area contributed by atoms with Crippen molar-refractivity contribution in [3.05, 3.63) is 76.8 Å². The molecule has 3 nitrogen and oxygen atoms in total. The zero-order chi connectivity index (χ0) is 16.5. The van der Waals surface area contributed by atoms with Gasteiger partial charge in [0.05, 0.1) is 5.57 Å². The van der Waals surface area contributed by atoms with Crippen LogP contribution in [0.15, 0.2) is 66.2 Å². The molecule has 1 amide bonds. The van der Waals surface area contributed by atoms with E-state index >= 15 is 0 Å². The van der Waals surface area contributed by atoms with E-state index in [1.54, 1.807) is 12.1 Å². The molecule has 118 valence electrons. The van der Waals surface area contributed by atoms with Crippen LogP contribution in [0.25, 0.3) is 16.8 Å². The van der Waals surface area contributed by atoms with E-state index in [0.29, 0.717) is 10.6 Å². The molecule has 3 aromatic carbocycles. The molecule has 0 atom stereocenters. The molecule has 1 N–H and O–H groups in total. The summed E-state index contributed by atoms with van der Waals surface area (Å²) in [7, 11) is 0. The van der Waals surface area contributed by atoms with Crippen LogP contribution in [0.5, 0.6) is 5.75 Å². The Kier molecular flexibility index (Phi) is 3.71. The molecule has 0 fully saturated rings. The van der Waals surface area contributed by atoms with Crippen LogP contribution in [0.3, 0.4) is 0 Å². The highest BCUT2D eigenvalue weighted by Gasteiger charge is 2.17. The van der Waals surface area contributed by atoms with Crippen LogP contribution in [0.1, 0.15) is 5.56 Å². The fraction of sp³-hybridized carbons (Fsp3) is 0.0500. The molecule has 1 aliphatic rings. The summed E-state index contributed by atoms with van der Waals surface area (Å²) in [4.78, 5) is 12.5. The SMILES string of the molecule is O=C(Nc1ccc2ccccc2c1)C1=Cc2cc(Cl)ccc2OC1. The normalized spacial score (nSPS) is 13.0. The number of nitrogens with one attached hydrogen (secondary N) is 1. The highest BCUT2D eigenvalue weighted by Crippen LogP contribution is 2.29. The highest BCUT2D eigenvalue weighted by molar-refractivity contribution is 6.30. The Morgan fingerprint density at radius 3 is 2.71 bits per heavy atom. The van der Waals surface area contributed by atoms with Crippen LogP contribution in [-0.4, -0.2) is 12.5 Å². The number of anilines is 1. The number of benzene rings is 3. The topological polar surface area (TPSA) is 38.3 Å². The van der Waals surface area contributed by atoms with Gasteiger partial charge >= 0.3 is 0 Å². The number of fused-ring (bicyclic) bond motifs is 2. The van der Waals surface area contributed by atoms with Gasteiger partial charge in [0.1, 0.15) is 12.4 Å². The standard InChI is InChI=1S/C20H14ClNO2/c21-17-6-8-19-15(10-17)9-16(12-24-19)20(23)22-18-7-5-13-3-1-2-4-14(13)11-18/h1-11H,12H2,(H,22,23). The first-order valence-electron chi connectivity index (χ1n) is 7.62. The number of carbonyl (C=O) groups is 1. The van der Waals surface area contributed by atoms with E-state index in [1.807, 2.05) is 54.6 Å². The van der Waals surface area contributed by atoms with Crippen LogP contribution in [0.4, 0.5) is 5.69 Å². The minimum absolute atomic E-state index is 0.170. The van der Waals surface area contributed by atoms with Crippen LogP contribution in [-0.2, 0) is 4.79 Å². The van der Waals surface area contributed by atoms with Crippen molar-refractivity contribution in [3.63, 3.8) is 0 Å². The number of rotatable bonds is 2. The van der Waals surface area contributed by atoms with Gasteiger partial charge in [-0.3, -0.25) is 4.79 Å². The van der Waals surface area contributed by atoms with Crippen LogP contribution >= 0.6 is 11.6 Å². The molecule has 0 saturated carbocycles. The molecule has 24 heavy (non-hydrogen) atoms. The summed E-state index contributed by atoms with van der Waals surface area (Å²) >= 11 is 6.00. The zero-order valence-corrected chi connectivity index (χ0v) is 13.5. The van der Waals surface area contributed by atoms with E-state index in [9.17, 15) is 4.79 Å². The van der Waals surface area contributed by atoms with Crippen molar-refractivity contribution >= 4 is 40.0 Å². The lowest BCUT2D eigenvalue weighted by molar-refractivity contribution is -0.113. The van der Waals surface area contributed by atoms with Gasteiger partial charge < -0.3 is 10.1 Å².